The van der Waals surface area contributed by atoms with Crippen molar-refractivity contribution < 1.29 is 42.6 Å². The highest BCUT2D eigenvalue weighted by Gasteiger charge is 2.51. The fourth-order valence-electron chi connectivity index (χ4n) is 4.04. The molecule has 0 saturated carbocycles. The summed E-state index contributed by atoms with van der Waals surface area (Å²) in [6, 6.07) is 0. The van der Waals surface area contributed by atoms with Crippen LogP contribution in [0.25, 0.3) is 0 Å². The molecule has 2 aliphatic rings. The van der Waals surface area contributed by atoms with Gasteiger partial charge in [-0.05, 0) is 6.92 Å². The van der Waals surface area contributed by atoms with Gasteiger partial charge >= 0.3 is 0 Å². The molecule has 10 heteroatoms. The summed E-state index contributed by atoms with van der Waals surface area (Å²) in [5, 5.41) is 0. The van der Waals surface area contributed by atoms with Crippen LogP contribution >= 0.6 is 0 Å². The van der Waals surface area contributed by atoms with Gasteiger partial charge in [-0.2, -0.15) is 0 Å². The molecule has 0 bridgehead atoms. The zero-order chi connectivity index (χ0) is 20.8. The van der Waals surface area contributed by atoms with E-state index >= 15 is 0 Å². The maximum atomic E-state index is 6.31. The molecule has 2 fully saturated rings. The average molecular weight is 409 g/mol. The molecular weight excluding hydrogens is 374 g/mol. The van der Waals surface area contributed by atoms with Gasteiger partial charge in [0, 0.05) is 42.7 Å². The van der Waals surface area contributed by atoms with E-state index in [1.54, 1.807) is 42.7 Å². The lowest BCUT2D eigenvalue weighted by Gasteiger charge is -2.48. The Morgan fingerprint density at radius 1 is 0.679 bits per heavy atom. The molecule has 2 heterocycles. The first-order valence-electron chi connectivity index (χ1n) is 9.32. The van der Waals surface area contributed by atoms with Crippen LogP contribution in [0.4, 0.5) is 0 Å². The second-order valence-corrected chi connectivity index (χ2v) is 6.91. The summed E-state index contributed by atoms with van der Waals surface area (Å²) in [6.45, 7) is 2.24. The van der Waals surface area contributed by atoms with Crippen LogP contribution in [0.1, 0.15) is 6.92 Å². The third kappa shape index (κ3) is 4.84. The summed E-state index contributed by atoms with van der Waals surface area (Å²) in [5.74, 6) is 0. The molecule has 10 unspecified atom stereocenters. The maximum absolute atomic E-state index is 6.31. The highest BCUT2D eigenvalue weighted by molar-refractivity contribution is 4.96. The van der Waals surface area contributed by atoms with Crippen LogP contribution in [0.5, 0.6) is 0 Å². The van der Waals surface area contributed by atoms with Crippen molar-refractivity contribution in [2.24, 2.45) is 5.73 Å². The monoisotopic (exact) mass is 409 g/mol. The van der Waals surface area contributed by atoms with Gasteiger partial charge in [-0.3, -0.25) is 0 Å². The first-order valence-corrected chi connectivity index (χ1v) is 9.32. The largest absolute Gasteiger partial charge is 0.382 e. The lowest BCUT2D eigenvalue weighted by Crippen LogP contribution is -2.66. The van der Waals surface area contributed by atoms with Crippen molar-refractivity contribution in [1.82, 2.24) is 0 Å². The van der Waals surface area contributed by atoms with E-state index in [-0.39, 0.29) is 12.2 Å². The topological polar surface area (TPSA) is 109 Å². The van der Waals surface area contributed by atoms with Gasteiger partial charge in [-0.1, -0.05) is 0 Å². The highest BCUT2D eigenvalue weighted by Crippen LogP contribution is 2.32. The fourth-order valence-corrected chi connectivity index (χ4v) is 4.04. The van der Waals surface area contributed by atoms with E-state index in [1.807, 2.05) is 6.92 Å². The Bertz CT molecular complexity index is 457. The van der Waals surface area contributed by atoms with E-state index in [0.717, 1.165) is 0 Å². The van der Waals surface area contributed by atoms with Crippen LogP contribution in [0.15, 0.2) is 0 Å². The minimum atomic E-state index is -0.826. The predicted molar refractivity (Wildman–Crippen MR) is 97.9 cm³/mol. The quantitative estimate of drug-likeness (QED) is 0.536. The van der Waals surface area contributed by atoms with Crippen molar-refractivity contribution in [3.8, 4) is 0 Å². The number of rotatable bonds is 9. The van der Waals surface area contributed by atoms with Crippen molar-refractivity contribution >= 4 is 0 Å². The van der Waals surface area contributed by atoms with Gasteiger partial charge in [-0.25, -0.2) is 0 Å². The molecule has 2 saturated heterocycles. The lowest BCUT2D eigenvalue weighted by atomic mass is 9.94. The Balaban J connectivity index is 2.26. The molecule has 0 aromatic carbocycles. The second kappa shape index (κ2) is 11.1. The Morgan fingerprint density at radius 3 is 1.71 bits per heavy atom. The highest BCUT2D eigenvalue weighted by atomic mass is 16.7. The second-order valence-electron chi connectivity index (χ2n) is 6.91. The van der Waals surface area contributed by atoms with Crippen LogP contribution in [0, 0.1) is 0 Å². The number of methoxy groups -OCH3 is 6. The molecule has 10 nitrogen and oxygen atoms in total. The van der Waals surface area contributed by atoms with Gasteiger partial charge in [0.1, 0.15) is 49.0 Å². The van der Waals surface area contributed by atoms with Crippen molar-refractivity contribution in [1.29, 1.82) is 0 Å². The van der Waals surface area contributed by atoms with E-state index < -0.39 is 49.1 Å². The summed E-state index contributed by atoms with van der Waals surface area (Å²) in [4.78, 5) is 0. The van der Waals surface area contributed by atoms with Crippen molar-refractivity contribution in [3.05, 3.63) is 0 Å². The Labute approximate surface area is 166 Å². The predicted octanol–water partition coefficient (Wildman–Crippen LogP) is -0.479. The van der Waals surface area contributed by atoms with Crippen LogP contribution in [-0.2, 0) is 42.6 Å². The molecule has 28 heavy (non-hydrogen) atoms. The van der Waals surface area contributed by atoms with Crippen molar-refractivity contribution in [2.45, 2.75) is 68.3 Å². The van der Waals surface area contributed by atoms with Crippen LogP contribution < -0.4 is 5.73 Å². The SMILES string of the molecule is COCC1OC(C)C(OC)C(OC)C1OC1OC(N)C(OC)C(OC)C1OC. The van der Waals surface area contributed by atoms with Crippen LogP contribution in [-0.4, -0.2) is 111 Å². The molecule has 0 aromatic heterocycles. The lowest BCUT2D eigenvalue weighted by molar-refractivity contribution is -0.347. The minimum absolute atomic E-state index is 0.202. The molecule has 10 atom stereocenters. The molecule has 0 aromatic rings. The van der Waals surface area contributed by atoms with Gasteiger partial charge in [0.05, 0.1) is 12.7 Å². The van der Waals surface area contributed by atoms with Gasteiger partial charge in [0.2, 0.25) is 0 Å². The third-order valence-corrected chi connectivity index (χ3v) is 5.38. The number of nitrogens with two attached hydrogens (primary N) is 1. The van der Waals surface area contributed by atoms with E-state index in [2.05, 4.69) is 0 Å². The molecule has 166 valence electrons. The number of hydrogen-bond donors (Lipinski definition) is 1. The van der Waals surface area contributed by atoms with Gasteiger partial charge < -0.3 is 48.4 Å². The number of hydrogen-bond acceptors (Lipinski definition) is 10. The molecule has 0 spiro atoms. The smallest absolute Gasteiger partial charge is 0.189 e. The van der Waals surface area contributed by atoms with Crippen molar-refractivity contribution in [2.75, 3.05) is 49.3 Å². The molecule has 2 aliphatic heterocycles. The number of ether oxygens (including phenoxy) is 9. The Kier molecular flexibility index (Phi) is 9.48. The normalized spacial score (nSPS) is 44.6. The average Bonchev–Trinajstić information content (AvgIpc) is 2.68. The van der Waals surface area contributed by atoms with E-state index in [9.17, 15) is 0 Å². The maximum Gasteiger partial charge on any atom is 0.189 e. The molecule has 0 aliphatic carbocycles. The van der Waals surface area contributed by atoms with E-state index in [4.69, 9.17) is 48.4 Å². The summed E-state index contributed by atoms with van der Waals surface area (Å²) in [7, 11) is 9.48. The Hall–Kier alpha value is -0.400. The summed E-state index contributed by atoms with van der Waals surface area (Å²) >= 11 is 0. The first kappa shape index (κ1) is 23.9. The van der Waals surface area contributed by atoms with E-state index in [0.29, 0.717) is 6.61 Å². The van der Waals surface area contributed by atoms with Crippen LogP contribution in [0.2, 0.25) is 0 Å². The van der Waals surface area contributed by atoms with Gasteiger partial charge in [0.15, 0.2) is 6.29 Å². The molecule has 2 rings (SSSR count). The molecule has 0 radical (unpaired) electrons. The third-order valence-electron chi connectivity index (χ3n) is 5.38. The molecular formula is C18H35NO9. The summed E-state index contributed by atoms with van der Waals surface area (Å²) in [6.07, 6.45) is -5.01. The van der Waals surface area contributed by atoms with Crippen LogP contribution in [0.3, 0.4) is 0 Å². The van der Waals surface area contributed by atoms with E-state index in [1.165, 1.54) is 0 Å². The summed E-state index contributed by atoms with van der Waals surface area (Å²) in [5.41, 5.74) is 6.13. The molecule has 2 N–H and O–H groups in total. The zero-order valence-corrected chi connectivity index (χ0v) is 17.7. The first-order chi connectivity index (χ1) is 13.5. The minimum Gasteiger partial charge on any atom is -0.382 e. The standard InChI is InChI=1S/C18H35NO9/c1-9-11(21-3)13(22-4)12(10(26-9)8-20-2)27-18-16(25-7)14(23-5)15(24-6)17(19)28-18/h9-18H,8,19H2,1-7H3. The summed E-state index contributed by atoms with van der Waals surface area (Å²) < 4.78 is 51.5. The fraction of sp³-hybridized carbons (Fsp3) is 1.00. The van der Waals surface area contributed by atoms with Crippen molar-refractivity contribution in [3.63, 3.8) is 0 Å². The zero-order valence-electron chi connectivity index (χ0n) is 17.7. The van der Waals surface area contributed by atoms with Gasteiger partial charge in [-0.15, -0.1) is 0 Å². The Morgan fingerprint density at radius 2 is 1.21 bits per heavy atom. The molecule has 0 amide bonds. The van der Waals surface area contributed by atoms with Gasteiger partial charge in [0.25, 0.3) is 0 Å².